The number of likely N-dealkylation sites (tertiary alicyclic amines) is 1. The highest BCUT2D eigenvalue weighted by atomic mass is 79.9. The normalized spacial score (nSPS) is 30.3. The summed E-state index contributed by atoms with van der Waals surface area (Å²) in [5.41, 5.74) is 5.50. The molecule has 26 heavy (non-hydrogen) atoms. The third kappa shape index (κ3) is 2.51. The van der Waals surface area contributed by atoms with Gasteiger partial charge in [0, 0.05) is 10.0 Å². The van der Waals surface area contributed by atoms with Crippen LogP contribution < -0.4 is 15.1 Å². The van der Waals surface area contributed by atoms with Crippen LogP contribution in [0, 0.1) is 6.92 Å². The number of benzene rings is 1. The van der Waals surface area contributed by atoms with Crippen LogP contribution in [0.2, 0.25) is 0 Å². The van der Waals surface area contributed by atoms with E-state index in [0.29, 0.717) is 0 Å². The zero-order valence-electron chi connectivity index (χ0n) is 15.0. The van der Waals surface area contributed by atoms with Crippen molar-refractivity contribution in [3.05, 3.63) is 58.0 Å². The Morgan fingerprint density at radius 3 is 2.77 bits per heavy atom. The topological polar surface area (TPSA) is 42.1 Å². The number of piperidine rings is 1. The van der Waals surface area contributed by atoms with E-state index in [9.17, 15) is 0 Å². The van der Waals surface area contributed by atoms with Crippen LogP contribution in [0.3, 0.4) is 0 Å². The highest BCUT2D eigenvalue weighted by molar-refractivity contribution is 9.10. The second-order valence-electron chi connectivity index (χ2n) is 7.60. The van der Waals surface area contributed by atoms with Crippen molar-refractivity contribution in [2.45, 2.75) is 31.5 Å². The number of furan rings is 1. The summed E-state index contributed by atoms with van der Waals surface area (Å²) in [6.45, 7) is 4.18. The van der Waals surface area contributed by atoms with Crippen LogP contribution in [0.1, 0.15) is 36.0 Å². The first-order chi connectivity index (χ1) is 12.5. The quantitative estimate of drug-likeness (QED) is 0.749. The molecule has 0 aliphatic carbocycles. The lowest BCUT2D eigenvalue weighted by Gasteiger charge is -2.50. The van der Waals surface area contributed by atoms with Crippen molar-refractivity contribution in [1.29, 1.82) is 0 Å². The summed E-state index contributed by atoms with van der Waals surface area (Å²) in [6.07, 6.45) is 4.26. The largest absolute Gasteiger partial charge is 0.470 e. The van der Waals surface area contributed by atoms with Gasteiger partial charge in [0.15, 0.2) is 11.5 Å². The van der Waals surface area contributed by atoms with Gasteiger partial charge >= 0.3 is 0 Å². The predicted molar refractivity (Wildman–Crippen MR) is 102 cm³/mol. The molecule has 1 saturated heterocycles. The number of aryl methyl sites for hydroxylation is 1. The summed E-state index contributed by atoms with van der Waals surface area (Å²) in [5.74, 6) is 2.79. The van der Waals surface area contributed by atoms with E-state index in [1.54, 1.807) is 4.90 Å². The number of hydrazine groups is 1. The molecule has 1 spiro atoms. The Labute approximate surface area is 161 Å². The van der Waals surface area contributed by atoms with Crippen LogP contribution in [-0.2, 0) is 0 Å². The van der Waals surface area contributed by atoms with E-state index in [0.717, 1.165) is 53.4 Å². The summed E-state index contributed by atoms with van der Waals surface area (Å²) in [4.78, 5) is 1.56. The van der Waals surface area contributed by atoms with E-state index in [4.69, 9.17) is 9.15 Å². The molecule has 1 unspecified atom stereocenters. The van der Waals surface area contributed by atoms with Gasteiger partial charge in [-0.2, -0.15) is 5.01 Å². The minimum Gasteiger partial charge on any atom is -0.470 e. The van der Waals surface area contributed by atoms with Crippen LogP contribution >= 0.6 is 15.9 Å². The second kappa shape index (κ2) is 5.87. The van der Waals surface area contributed by atoms with Crippen molar-refractivity contribution in [1.82, 2.24) is 10.4 Å². The lowest BCUT2D eigenvalue weighted by Crippen LogP contribution is -3.11. The molecule has 0 saturated carbocycles. The van der Waals surface area contributed by atoms with Gasteiger partial charge in [-0.15, -0.1) is 0 Å². The average molecular weight is 417 g/mol. The Kier molecular flexibility index (Phi) is 3.71. The zero-order valence-corrected chi connectivity index (χ0v) is 16.6. The second-order valence-corrected chi connectivity index (χ2v) is 8.52. The van der Waals surface area contributed by atoms with Gasteiger partial charge in [0.25, 0.3) is 0 Å². The molecule has 4 heterocycles. The number of halogens is 1. The minimum absolute atomic E-state index is 0.134. The fraction of sp³-hybridized carbons (Fsp3) is 0.400. The van der Waals surface area contributed by atoms with Crippen LogP contribution in [0.5, 0.6) is 5.75 Å². The van der Waals surface area contributed by atoms with Gasteiger partial charge in [0.2, 0.25) is 0 Å². The van der Waals surface area contributed by atoms with Crippen molar-refractivity contribution in [2.24, 2.45) is 0 Å². The van der Waals surface area contributed by atoms with E-state index in [-0.39, 0.29) is 11.8 Å². The van der Waals surface area contributed by atoms with Gasteiger partial charge in [0.05, 0.1) is 44.7 Å². The fourth-order valence-corrected chi connectivity index (χ4v) is 4.66. The highest BCUT2D eigenvalue weighted by Gasteiger charge is 2.52. The Morgan fingerprint density at radius 1 is 1.23 bits per heavy atom. The van der Waals surface area contributed by atoms with Gasteiger partial charge in [-0.05, 0) is 43.3 Å². The molecule has 6 heteroatoms. The number of fused-ring (bicyclic) bond motifs is 4. The maximum absolute atomic E-state index is 6.63. The van der Waals surface area contributed by atoms with E-state index < -0.39 is 0 Å². The van der Waals surface area contributed by atoms with Gasteiger partial charge in [-0.3, -0.25) is 0 Å². The van der Waals surface area contributed by atoms with Crippen molar-refractivity contribution < 1.29 is 14.1 Å². The molecule has 2 N–H and O–H groups in total. The lowest BCUT2D eigenvalue weighted by molar-refractivity contribution is -0.888. The number of nitrogens with zero attached hydrogens (tertiary/aromatic N) is 1. The zero-order chi connectivity index (χ0) is 17.9. The molecule has 1 fully saturated rings. The fourth-order valence-electron chi connectivity index (χ4n) is 4.28. The maximum Gasteiger partial charge on any atom is 0.191 e. The molecular weight excluding hydrogens is 394 g/mol. The Balaban J connectivity index is 1.59. The molecule has 1 aromatic heterocycles. The molecule has 0 bridgehead atoms. The van der Waals surface area contributed by atoms with Crippen LogP contribution in [0.15, 0.2) is 45.3 Å². The number of quaternary nitrogens is 1. The Hall–Kier alpha value is -1.76. The number of nitrogens with one attached hydrogen (secondary N) is 2. The molecule has 3 aliphatic rings. The monoisotopic (exact) mass is 416 g/mol. The number of ether oxygens (including phenoxy) is 1. The van der Waals surface area contributed by atoms with Crippen LogP contribution in [0.4, 0.5) is 0 Å². The summed E-state index contributed by atoms with van der Waals surface area (Å²) in [6, 6.07) is 10.5. The minimum atomic E-state index is -0.315. The van der Waals surface area contributed by atoms with Crippen LogP contribution in [-0.4, -0.2) is 30.9 Å². The van der Waals surface area contributed by atoms with E-state index in [1.165, 1.54) is 5.56 Å². The third-order valence-electron chi connectivity index (χ3n) is 5.76. The number of rotatable bonds is 1. The van der Waals surface area contributed by atoms with Crippen molar-refractivity contribution in [3.63, 3.8) is 0 Å². The maximum atomic E-state index is 6.63. The van der Waals surface area contributed by atoms with Crippen molar-refractivity contribution in [3.8, 4) is 5.75 Å². The first-order valence-electron chi connectivity index (χ1n) is 9.18. The molecule has 1 aromatic carbocycles. The highest BCUT2D eigenvalue weighted by Crippen LogP contribution is 2.48. The van der Waals surface area contributed by atoms with Gasteiger partial charge in [-0.1, -0.05) is 15.9 Å². The van der Waals surface area contributed by atoms with Crippen LogP contribution in [0.25, 0.3) is 5.70 Å². The van der Waals surface area contributed by atoms with E-state index in [1.807, 2.05) is 19.1 Å². The number of hydrogen-bond acceptors (Lipinski definition) is 4. The molecular formula is C20H23BrN3O2+. The van der Waals surface area contributed by atoms with Gasteiger partial charge in [-0.25, -0.2) is 0 Å². The summed E-state index contributed by atoms with van der Waals surface area (Å²) >= 11 is 3.61. The molecule has 0 amide bonds. The number of hydrogen-bond donors (Lipinski definition) is 2. The smallest absolute Gasteiger partial charge is 0.191 e. The Bertz CT molecular complexity index is 883. The standard InChI is InChI=1S/C20H22BrN3O2/c1-13-3-5-19(25-13)16-12-17-15-11-14(21)4-6-18(15)26-20(24(17)22-16)7-9-23(2)10-8-20/h3-6,11-12,17,22H,7-10H2,1-2H3/p+1. The SMILES string of the molecule is Cc1ccc(C2=CC3c4cc(Br)ccc4OC4(CC[NH+](C)CC4)N3N2)o1. The summed E-state index contributed by atoms with van der Waals surface area (Å²) in [7, 11) is 2.25. The Morgan fingerprint density at radius 2 is 2.04 bits per heavy atom. The van der Waals surface area contributed by atoms with Gasteiger partial charge < -0.3 is 19.5 Å². The molecule has 136 valence electrons. The lowest BCUT2D eigenvalue weighted by atomic mass is 9.93. The first kappa shape index (κ1) is 16.4. The van der Waals surface area contributed by atoms with E-state index in [2.05, 4.69) is 57.7 Å². The molecule has 1 atom stereocenters. The molecule has 2 aromatic rings. The third-order valence-corrected chi connectivity index (χ3v) is 6.26. The van der Waals surface area contributed by atoms with E-state index >= 15 is 0 Å². The predicted octanol–water partition coefficient (Wildman–Crippen LogP) is 2.65. The molecule has 0 radical (unpaired) electrons. The molecule has 3 aliphatic heterocycles. The van der Waals surface area contributed by atoms with Gasteiger partial charge in [0.1, 0.15) is 11.5 Å². The summed E-state index contributed by atoms with van der Waals surface area (Å²) < 4.78 is 13.6. The van der Waals surface area contributed by atoms with Crippen molar-refractivity contribution in [2.75, 3.05) is 20.1 Å². The first-order valence-corrected chi connectivity index (χ1v) is 9.98. The molecule has 5 nitrogen and oxygen atoms in total. The average Bonchev–Trinajstić information content (AvgIpc) is 3.25. The van der Waals surface area contributed by atoms with Crippen molar-refractivity contribution >= 4 is 21.6 Å². The molecule has 5 rings (SSSR count). The summed E-state index contributed by atoms with van der Waals surface area (Å²) in [5, 5.41) is 2.31.